The first-order valence-electron chi connectivity index (χ1n) is 5.90. The van der Waals surface area contributed by atoms with Crippen molar-refractivity contribution in [1.29, 1.82) is 0 Å². The molecule has 1 N–H and O–H groups in total. The third kappa shape index (κ3) is 2.40. The van der Waals surface area contributed by atoms with Gasteiger partial charge in [0.25, 0.3) is 0 Å². The van der Waals surface area contributed by atoms with E-state index in [0.717, 1.165) is 16.7 Å². The topological polar surface area (TPSA) is 20.2 Å². The van der Waals surface area contributed by atoms with Gasteiger partial charge in [-0.05, 0) is 48.6 Å². The van der Waals surface area contributed by atoms with Gasteiger partial charge in [0.15, 0.2) is 0 Å². The van der Waals surface area contributed by atoms with Gasteiger partial charge in [-0.1, -0.05) is 42.0 Å². The minimum atomic E-state index is 0.117. The Morgan fingerprint density at radius 2 is 1.53 bits per heavy atom. The number of benzene rings is 2. The molecule has 1 heteroatoms. The molecule has 0 saturated heterocycles. The number of hydrogen-bond donors (Lipinski definition) is 1. The second-order valence-corrected chi connectivity index (χ2v) is 4.62. The average molecular weight is 226 g/mol. The molecular weight excluding hydrogens is 208 g/mol. The minimum absolute atomic E-state index is 0.117. The van der Waals surface area contributed by atoms with Crippen molar-refractivity contribution in [3.05, 3.63) is 58.7 Å². The van der Waals surface area contributed by atoms with Gasteiger partial charge < -0.3 is 5.11 Å². The van der Waals surface area contributed by atoms with Gasteiger partial charge in [-0.2, -0.15) is 0 Å². The van der Waals surface area contributed by atoms with Crippen LogP contribution in [0.25, 0.3) is 11.1 Å². The normalized spacial score (nSPS) is 10.6. The van der Waals surface area contributed by atoms with Crippen molar-refractivity contribution >= 4 is 0 Å². The molecule has 0 aromatic heterocycles. The first-order chi connectivity index (χ1) is 8.11. The SMILES string of the molecule is Cc1cccc(-c2cc(C)c(CO)c(C)c2)c1. The largest absolute Gasteiger partial charge is 0.392 e. The predicted octanol–water partition coefficient (Wildman–Crippen LogP) is 3.77. The summed E-state index contributed by atoms with van der Waals surface area (Å²) < 4.78 is 0. The van der Waals surface area contributed by atoms with Crippen LogP contribution >= 0.6 is 0 Å². The summed E-state index contributed by atoms with van der Waals surface area (Å²) in [6, 6.07) is 12.8. The zero-order valence-electron chi connectivity index (χ0n) is 10.6. The molecule has 0 saturated carbocycles. The molecule has 0 aliphatic carbocycles. The van der Waals surface area contributed by atoms with E-state index in [1.165, 1.54) is 16.7 Å². The molecule has 0 heterocycles. The van der Waals surface area contributed by atoms with Crippen LogP contribution in [0, 0.1) is 20.8 Å². The standard InChI is InChI=1S/C16H18O/c1-11-5-4-6-14(7-11)15-8-12(2)16(10-17)13(3)9-15/h4-9,17H,10H2,1-3H3. The fourth-order valence-electron chi connectivity index (χ4n) is 2.23. The Hall–Kier alpha value is -1.60. The molecule has 0 unspecified atom stereocenters. The van der Waals surface area contributed by atoms with E-state index in [-0.39, 0.29) is 6.61 Å². The zero-order chi connectivity index (χ0) is 12.4. The number of rotatable bonds is 2. The highest BCUT2D eigenvalue weighted by Crippen LogP contribution is 2.25. The van der Waals surface area contributed by atoms with E-state index < -0.39 is 0 Å². The van der Waals surface area contributed by atoms with Crippen molar-refractivity contribution in [2.75, 3.05) is 0 Å². The second-order valence-electron chi connectivity index (χ2n) is 4.62. The van der Waals surface area contributed by atoms with Gasteiger partial charge in [-0.15, -0.1) is 0 Å². The van der Waals surface area contributed by atoms with E-state index in [1.807, 2.05) is 0 Å². The van der Waals surface area contributed by atoms with E-state index in [4.69, 9.17) is 0 Å². The van der Waals surface area contributed by atoms with Gasteiger partial charge in [0.05, 0.1) is 6.61 Å². The van der Waals surface area contributed by atoms with Crippen LogP contribution in [0.5, 0.6) is 0 Å². The fourth-order valence-corrected chi connectivity index (χ4v) is 2.23. The van der Waals surface area contributed by atoms with Gasteiger partial charge in [0, 0.05) is 0 Å². The number of aliphatic hydroxyl groups excluding tert-OH is 1. The molecule has 0 radical (unpaired) electrons. The van der Waals surface area contributed by atoms with Crippen LogP contribution < -0.4 is 0 Å². The van der Waals surface area contributed by atoms with Crippen LogP contribution in [0.2, 0.25) is 0 Å². The van der Waals surface area contributed by atoms with E-state index in [9.17, 15) is 5.11 Å². The smallest absolute Gasteiger partial charge is 0.0686 e. The molecule has 0 fully saturated rings. The first-order valence-corrected chi connectivity index (χ1v) is 5.90. The highest BCUT2D eigenvalue weighted by atomic mass is 16.3. The van der Waals surface area contributed by atoms with Crippen LogP contribution in [0.1, 0.15) is 22.3 Å². The summed E-state index contributed by atoms with van der Waals surface area (Å²) in [4.78, 5) is 0. The molecule has 1 nitrogen and oxygen atoms in total. The molecule has 17 heavy (non-hydrogen) atoms. The van der Waals surface area contributed by atoms with E-state index in [1.54, 1.807) is 0 Å². The molecule has 2 aromatic carbocycles. The highest BCUT2D eigenvalue weighted by Gasteiger charge is 2.05. The second kappa shape index (κ2) is 4.72. The Labute approximate surface area is 103 Å². The van der Waals surface area contributed by atoms with Crippen molar-refractivity contribution in [3.8, 4) is 11.1 Å². The highest BCUT2D eigenvalue weighted by molar-refractivity contribution is 5.66. The van der Waals surface area contributed by atoms with Crippen molar-refractivity contribution in [1.82, 2.24) is 0 Å². The maximum absolute atomic E-state index is 9.30. The van der Waals surface area contributed by atoms with Crippen molar-refractivity contribution in [2.24, 2.45) is 0 Å². The Bertz CT molecular complexity index is 518. The maximum atomic E-state index is 9.30. The molecule has 0 aliphatic rings. The molecule has 88 valence electrons. The maximum Gasteiger partial charge on any atom is 0.0686 e. The third-order valence-corrected chi connectivity index (χ3v) is 3.21. The monoisotopic (exact) mass is 226 g/mol. The van der Waals surface area contributed by atoms with Crippen molar-refractivity contribution in [3.63, 3.8) is 0 Å². The molecule has 2 aromatic rings. The molecule has 0 spiro atoms. The van der Waals surface area contributed by atoms with Crippen molar-refractivity contribution < 1.29 is 5.11 Å². The van der Waals surface area contributed by atoms with Crippen LogP contribution in [-0.4, -0.2) is 5.11 Å². The van der Waals surface area contributed by atoms with Gasteiger partial charge in [0.2, 0.25) is 0 Å². The summed E-state index contributed by atoms with van der Waals surface area (Å²) in [5.41, 5.74) is 7.08. The van der Waals surface area contributed by atoms with Crippen LogP contribution in [0.3, 0.4) is 0 Å². The molecular formula is C16H18O. The molecule has 2 rings (SSSR count). The summed E-state index contributed by atoms with van der Waals surface area (Å²) in [6.45, 7) is 6.33. The predicted molar refractivity (Wildman–Crippen MR) is 72.0 cm³/mol. The van der Waals surface area contributed by atoms with Crippen LogP contribution in [-0.2, 0) is 6.61 Å². The van der Waals surface area contributed by atoms with E-state index in [0.29, 0.717) is 0 Å². The third-order valence-electron chi connectivity index (χ3n) is 3.21. The van der Waals surface area contributed by atoms with Crippen LogP contribution in [0.4, 0.5) is 0 Å². The lowest BCUT2D eigenvalue weighted by molar-refractivity contribution is 0.280. The lowest BCUT2D eigenvalue weighted by Crippen LogP contribution is -1.94. The van der Waals surface area contributed by atoms with Gasteiger partial charge in [-0.3, -0.25) is 0 Å². The summed E-state index contributed by atoms with van der Waals surface area (Å²) in [5.74, 6) is 0. The summed E-state index contributed by atoms with van der Waals surface area (Å²) >= 11 is 0. The molecule has 0 amide bonds. The van der Waals surface area contributed by atoms with Gasteiger partial charge >= 0.3 is 0 Å². The summed E-state index contributed by atoms with van der Waals surface area (Å²) in [5, 5.41) is 9.30. The van der Waals surface area contributed by atoms with Crippen molar-refractivity contribution in [2.45, 2.75) is 27.4 Å². The lowest BCUT2D eigenvalue weighted by atomic mass is 9.95. The van der Waals surface area contributed by atoms with Crippen LogP contribution in [0.15, 0.2) is 36.4 Å². The number of hydrogen-bond acceptors (Lipinski definition) is 1. The van der Waals surface area contributed by atoms with Gasteiger partial charge in [0.1, 0.15) is 0 Å². The summed E-state index contributed by atoms with van der Waals surface area (Å²) in [7, 11) is 0. The Balaban J connectivity index is 2.54. The molecule has 0 atom stereocenters. The van der Waals surface area contributed by atoms with E-state index >= 15 is 0 Å². The zero-order valence-corrected chi connectivity index (χ0v) is 10.6. The fraction of sp³-hybridized carbons (Fsp3) is 0.250. The Morgan fingerprint density at radius 1 is 0.882 bits per heavy atom. The first kappa shape index (κ1) is 11.9. The average Bonchev–Trinajstić information content (AvgIpc) is 2.28. The number of aryl methyl sites for hydroxylation is 3. The molecule has 0 aliphatic heterocycles. The quantitative estimate of drug-likeness (QED) is 0.826. The summed E-state index contributed by atoms with van der Waals surface area (Å²) in [6.07, 6.45) is 0. The Kier molecular flexibility index (Phi) is 3.30. The lowest BCUT2D eigenvalue weighted by Gasteiger charge is -2.11. The molecule has 0 bridgehead atoms. The Morgan fingerprint density at radius 3 is 2.06 bits per heavy atom. The minimum Gasteiger partial charge on any atom is -0.392 e. The number of aliphatic hydroxyl groups is 1. The van der Waals surface area contributed by atoms with Gasteiger partial charge in [-0.25, -0.2) is 0 Å². The van der Waals surface area contributed by atoms with E-state index in [2.05, 4.69) is 57.2 Å².